The standard InChI is InChI=1S/C16H22N2O3/c1-10(2)21-15-8-13(7-14(9-15)18(19)20)17-16(11-3-4-11)12-5-6-12/h7-12,16-17H,3-6H2,1-2H3. The number of hydrogen-bond donors (Lipinski definition) is 1. The van der Waals surface area contributed by atoms with Gasteiger partial charge in [-0.1, -0.05) is 0 Å². The Morgan fingerprint density at radius 1 is 1.19 bits per heavy atom. The topological polar surface area (TPSA) is 64.4 Å². The predicted octanol–water partition coefficient (Wildman–Crippen LogP) is 3.98. The molecule has 0 amide bonds. The fourth-order valence-electron chi connectivity index (χ4n) is 2.84. The molecule has 0 radical (unpaired) electrons. The molecule has 1 aromatic rings. The van der Waals surface area contributed by atoms with Gasteiger partial charge in [0.05, 0.1) is 17.1 Å². The van der Waals surface area contributed by atoms with Gasteiger partial charge in [-0.15, -0.1) is 0 Å². The molecule has 0 aliphatic heterocycles. The zero-order valence-corrected chi connectivity index (χ0v) is 12.5. The van der Waals surface area contributed by atoms with Crippen molar-refractivity contribution >= 4 is 11.4 Å². The highest BCUT2D eigenvalue weighted by Crippen LogP contribution is 2.46. The van der Waals surface area contributed by atoms with Gasteiger partial charge in [0.15, 0.2) is 0 Å². The summed E-state index contributed by atoms with van der Waals surface area (Å²) in [6.45, 7) is 3.84. The van der Waals surface area contributed by atoms with Crippen molar-refractivity contribution in [3.8, 4) is 5.75 Å². The Labute approximate surface area is 124 Å². The number of nitro groups is 1. The summed E-state index contributed by atoms with van der Waals surface area (Å²) < 4.78 is 5.64. The van der Waals surface area contributed by atoms with Crippen molar-refractivity contribution < 1.29 is 9.66 Å². The smallest absolute Gasteiger partial charge is 0.275 e. The predicted molar refractivity (Wildman–Crippen MR) is 81.7 cm³/mol. The van der Waals surface area contributed by atoms with E-state index in [0.29, 0.717) is 11.8 Å². The van der Waals surface area contributed by atoms with Crippen molar-refractivity contribution in [2.24, 2.45) is 11.8 Å². The van der Waals surface area contributed by atoms with Crippen molar-refractivity contribution in [1.29, 1.82) is 0 Å². The maximum atomic E-state index is 11.1. The third-order valence-electron chi connectivity index (χ3n) is 4.07. The molecule has 0 spiro atoms. The summed E-state index contributed by atoms with van der Waals surface area (Å²) in [5, 5.41) is 14.6. The van der Waals surface area contributed by atoms with Crippen LogP contribution in [0.25, 0.3) is 0 Å². The summed E-state index contributed by atoms with van der Waals surface area (Å²) in [5.41, 5.74) is 0.893. The van der Waals surface area contributed by atoms with E-state index in [2.05, 4.69) is 5.32 Å². The van der Waals surface area contributed by atoms with Crippen LogP contribution >= 0.6 is 0 Å². The molecule has 5 nitrogen and oxygen atoms in total. The minimum Gasteiger partial charge on any atom is -0.491 e. The fourth-order valence-corrected chi connectivity index (χ4v) is 2.84. The van der Waals surface area contributed by atoms with Crippen molar-refractivity contribution in [1.82, 2.24) is 0 Å². The molecule has 2 saturated carbocycles. The van der Waals surface area contributed by atoms with Gasteiger partial charge in [-0.25, -0.2) is 0 Å². The summed E-state index contributed by atoms with van der Waals surface area (Å²) in [5.74, 6) is 2.05. The molecular formula is C16H22N2O3. The van der Waals surface area contributed by atoms with E-state index in [1.165, 1.54) is 31.7 Å². The summed E-state index contributed by atoms with van der Waals surface area (Å²) in [6.07, 6.45) is 5.11. The lowest BCUT2D eigenvalue weighted by atomic mass is 10.1. The van der Waals surface area contributed by atoms with Gasteiger partial charge in [-0.2, -0.15) is 0 Å². The third kappa shape index (κ3) is 3.65. The number of hydrogen-bond acceptors (Lipinski definition) is 4. The minimum absolute atomic E-state index is 0.00233. The number of nitrogens with one attached hydrogen (secondary N) is 1. The maximum absolute atomic E-state index is 11.1. The molecule has 0 bridgehead atoms. The molecule has 21 heavy (non-hydrogen) atoms. The number of benzene rings is 1. The highest BCUT2D eigenvalue weighted by Gasteiger charge is 2.41. The molecule has 2 fully saturated rings. The van der Waals surface area contributed by atoms with Crippen LogP contribution in [0.3, 0.4) is 0 Å². The number of ether oxygens (including phenoxy) is 1. The average Bonchev–Trinajstić information content (AvgIpc) is 3.26. The number of nitrogens with zero attached hydrogens (tertiary/aromatic N) is 1. The maximum Gasteiger partial charge on any atom is 0.275 e. The second kappa shape index (κ2) is 5.54. The van der Waals surface area contributed by atoms with E-state index < -0.39 is 0 Å². The number of rotatable bonds is 7. The van der Waals surface area contributed by atoms with Crippen LogP contribution in [0.5, 0.6) is 5.75 Å². The van der Waals surface area contributed by atoms with Crippen molar-refractivity contribution in [3.63, 3.8) is 0 Å². The number of nitro benzene ring substituents is 1. The summed E-state index contributed by atoms with van der Waals surface area (Å²) >= 11 is 0. The Morgan fingerprint density at radius 2 is 1.81 bits per heavy atom. The van der Waals surface area contributed by atoms with Gasteiger partial charge >= 0.3 is 0 Å². The normalized spacial score (nSPS) is 18.1. The van der Waals surface area contributed by atoms with E-state index in [-0.39, 0.29) is 16.7 Å². The van der Waals surface area contributed by atoms with Gasteiger partial charge < -0.3 is 10.1 Å². The first-order valence-electron chi connectivity index (χ1n) is 7.75. The van der Waals surface area contributed by atoms with Crippen LogP contribution in [0.4, 0.5) is 11.4 Å². The van der Waals surface area contributed by atoms with Crippen LogP contribution < -0.4 is 10.1 Å². The van der Waals surface area contributed by atoms with Gasteiger partial charge in [0.25, 0.3) is 5.69 Å². The Morgan fingerprint density at radius 3 is 2.29 bits per heavy atom. The van der Waals surface area contributed by atoms with Crippen molar-refractivity contribution in [2.45, 2.75) is 51.7 Å². The first-order valence-corrected chi connectivity index (χ1v) is 7.75. The van der Waals surface area contributed by atoms with Crippen LogP contribution in [0.1, 0.15) is 39.5 Å². The zero-order chi connectivity index (χ0) is 15.0. The Hall–Kier alpha value is -1.78. The minimum atomic E-state index is -0.360. The third-order valence-corrected chi connectivity index (χ3v) is 4.07. The second-order valence-electron chi connectivity index (χ2n) is 6.48. The van der Waals surface area contributed by atoms with E-state index in [1.807, 2.05) is 19.9 Å². The van der Waals surface area contributed by atoms with Gasteiger partial charge in [-0.3, -0.25) is 10.1 Å². The fraction of sp³-hybridized carbons (Fsp3) is 0.625. The van der Waals surface area contributed by atoms with E-state index in [4.69, 9.17) is 4.74 Å². The Kier molecular flexibility index (Phi) is 3.74. The molecule has 1 N–H and O–H groups in total. The summed E-state index contributed by atoms with van der Waals surface area (Å²) in [4.78, 5) is 10.7. The highest BCUT2D eigenvalue weighted by molar-refractivity contribution is 5.57. The lowest BCUT2D eigenvalue weighted by Crippen LogP contribution is -2.24. The molecule has 1 aromatic carbocycles. The van der Waals surface area contributed by atoms with E-state index in [9.17, 15) is 10.1 Å². The van der Waals surface area contributed by atoms with Gasteiger partial charge in [0.1, 0.15) is 5.75 Å². The molecular weight excluding hydrogens is 268 g/mol. The molecule has 2 aliphatic rings. The lowest BCUT2D eigenvalue weighted by Gasteiger charge is -2.20. The monoisotopic (exact) mass is 290 g/mol. The number of non-ortho nitro benzene ring substituents is 1. The van der Waals surface area contributed by atoms with Crippen LogP contribution in [-0.2, 0) is 0 Å². The molecule has 0 saturated heterocycles. The van der Waals surface area contributed by atoms with Crippen molar-refractivity contribution in [3.05, 3.63) is 28.3 Å². The Balaban J connectivity index is 1.81. The lowest BCUT2D eigenvalue weighted by molar-refractivity contribution is -0.384. The van der Waals surface area contributed by atoms with Gasteiger partial charge in [0, 0.05) is 23.9 Å². The van der Waals surface area contributed by atoms with Crippen LogP contribution in [0.15, 0.2) is 18.2 Å². The molecule has 5 heteroatoms. The van der Waals surface area contributed by atoms with Crippen LogP contribution in [-0.4, -0.2) is 17.1 Å². The van der Waals surface area contributed by atoms with Crippen LogP contribution in [0, 0.1) is 22.0 Å². The zero-order valence-electron chi connectivity index (χ0n) is 12.5. The van der Waals surface area contributed by atoms with E-state index >= 15 is 0 Å². The average molecular weight is 290 g/mol. The van der Waals surface area contributed by atoms with E-state index in [0.717, 1.165) is 17.5 Å². The summed E-state index contributed by atoms with van der Waals surface area (Å²) in [7, 11) is 0. The molecule has 0 atom stereocenters. The Bertz CT molecular complexity index is 524. The SMILES string of the molecule is CC(C)Oc1cc(NC(C2CC2)C2CC2)cc([N+](=O)[O-])c1. The molecule has 0 unspecified atom stereocenters. The van der Waals surface area contributed by atoms with Gasteiger partial charge in [-0.05, 0) is 51.4 Å². The molecule has 3 rings (SSSR count). The quantitative estimate of drug-likeness (QED) is 0.609. The highest BCUT2D eigenvalue weighted by atomic mass is 16.6. The first kappa shape index (κ1) is 14.2. The molecule has 0 heterocycles. The molecule has 114 valence electrons. The van der Waals surface area contributed by atoms with E-state index in [1.54, 1.807) is 6.07 Å². The van der Waals surface area contributed by atoms with Gasteiger partial charge in [0.2, 0.25) is 0 Å². The largest absolute Gasteiger partial charge is 0.491 e. The summed E-state index contributed by atoms with van der Waals surface area (Å²) in [6, 6.07) is 5.46. The van der Waals surface area contributed by atoms with Crippen LogP contribution in [0.2, 0.25) is 0 Å². The first-order chi connectivity index (χ1) is 10.0. The molecule has 0 aromatic heterocycles. The number of anilines is 1. The molecule has 2 aliphatic carbocycles. The van der Waals surface area contributed by atoms with Crippen molar-refractivity contribution in [2.75, 3.05) is 5.32 Å². The second-order valence-corrected chi connectivity index (χ2v) is 6.48.